The molecular formula is C23H32N5O2+. The molecule has 7 nitrogen and oxygen atoms in total. The van der Waals surface area contributed by atoms with E-state index in [4.69, 9.17) is 14.1 Å². The maximum Gasteiger partial charge on any atom is 0.229 e. The van der Waals surface area contributed by atoms with Crippen LogP contribution in [0.1, 0.15) is 43.5 Å². The van der Waals surface area contributed by atoms with Crippen LogP contribution in [0.2, 0.25) is 0 Å². The highest BCUT2D eigenvalue weighted by molar-refractivity contribution is 6.06. The Hall–Kier alpha value is -2.25. The summed E-state index contributed by atoms with van der Waals surface area (Å²) in [7, 11) is 0. The molecule has 0 atom stereocenters. The third-order valence-corrected chi connectivity index (χ3v) is 6.38. The van der Waals surface area contributed by atoms with Crippen molar-refractivity contribution in [1.29, 1.82) is 0 Å². The lowest BCUT2D eigenvalue weighted by molar-refractivity contribution is -0.906. The third kappa shape index (κ3) is 3.76. The molecule has 160 valence electrons. The molecule has 3 aromatic heterocycles. The van der Waals surface area contributed by atoms with E-state index in [1.54, 1.807) is 11.2 Å². The van der Waals surface area contributed by atoms with Crippen LogP contribution in [0.4, 0.5) is 5.82 Å². The first kappa shape index (κ1) is 19.7. The van der Waals surface area contributed by atoms with E-state index in [0.717, 1.165) is 86.7 Å². The molecule has 7 heteroatoms. The molecule has 0 aromatic carbocycles. The topological polar surface area (TPSA) is 77.5 Å². The number of pyridine rings is 1. The molecule has 2 N–H and O–H groups in total. The molecule has 0 radical (unpaired) electrons. The van der Waals surface area contributed by atoms with Gasteiger partial charge in [0.05, 0.1) is 31.7 Å². The molecule has 0 bridgehead atoms. The summed E-state index contributed by atoms with van der Waals surface area (Å²) in [5.74, 6) is 1.35. The molecular weight excluding hydrogens is 378 g/mol. The average Bonchev–Trinajstić information content (AvgIpc) is 3.14. The fourth-order valence-corrected chi connectivity index (χ4v) is 4.89. The molecule has 1 aliphatic heterocycles. The normalized spacial score (nSPS) is 17.7. The number of morpholine rings is 1. The summed E-state index contributed by atoms with van der Waals surface area (Å²) in [6.45, 7) is 10.2. The maximum absolute atomic E-state index is 6.29. The summed E-state index contributed by atoms with van der Waals surface area (Å²) < 4.78 is 11.7. The van der Waals surface area contributed by atoms with Crippen LogP contribution in [0.3, 0.4) is 0 Å². The second-order valence-corrected chi connectivity index (χ2v) is 9.04. The number of furan rings is 1. The van der Waals surface area contributed by atoms with E-state index in [1.807, 2.05) is 0 Å². The van der Waals surface area contributed by atoms with Gasteiger partial charge in [0.2, 0.25) is 5.71 Å². The molecule has 4 heterocycles. The van der Waals surface area contributed by atoms with Gasteiger partial charge in [-0.1, -0.05) is 13.8 Å². The Morgan fingerprint density at radius 3 is 2.70 bits per heavy atom. The second kappa shape index (κ2) is 8.47. The van der Waals surface area contributed by atoms with Crippen molar-refractivity contribution in [2.24, 2.45) is 5.92 Å². The van der Waals surface area contributed by atoms with E-state index in [0.29, 0.717) is 5.92 Å². The Balaban J connectivity index is 1.50. The smallest absolute Gasteiger partial charge is 0.229 e. The monoisotopic (exact) mass is 410 g/mol. The zero-order valence-electron chi connectivity index (χ0n) is 18.1. The number of aromatic nitrogens is 3. The van der Waals surface area contributed by atoms with E-state index < -0.39 is 0 Å². The fourth-order valence-electron chi connectivity index (χ4n) is 4.89. The van der Waals surface area contributed by atoms with E-state index >= 15 is 0 Å². The summed E-state index contributed by atoms with van der Waals surface area (Å²) >= 11 is 0. The minimum absolute atomic E-state index is 0.574. The summed E-state index contributed by atoms with van der Waals surface area (Å²) in [5, 5.41) is 4.60. The Kier molecular flexibility index (Phi) is 5.56. The van der Waals surface area contributed by atoms with Crippen molar-refractivity contribution >= 4 is 28.0 Å². The molecule has 2 aliphatic rings. The van der Waals surface area contributed by atoms with Gasteiger partial charge in [-0.2, -0.15) is 0 Å². The minimum atomic E-state index is 0.574. The molecule has 30 heavy (non-hydrogen) atoms. The number of nitrogens with zero attached hydrogens (tertiary/aromatic N) is 3. The van der Waals surface area contributed by atoms with Crippen LogP contribution in [-0.2, 0) is 24.0 Å². The van der Waals surface area contributed by atoms with Crippen molar-refractivity contribution in [3.8, 4) is 0 Å². The maximum atomic E-state index is 6.29. The summed E-state index contributed by atoms with van der Waals surface area (Å²) in [6.07, 6.45) is 7.31. The predicted molar refractivity (Wildman–Crippen MR) is 117 cm³/mol. The number of hydrogen-bond acceptors (Lipinski definition) is 6. The molecule has 1 saturated heterocycles. The number of fused-ring (bicyclic) bond motifs is 5. The number of aryl methyl sites for hydroxylation is 1. The summed E-state index contributed by atoms with van der Waals surface area (Å²) in [6, 6.07) is 0. The minimum Gasteiger partial charge on any atom is -0.432 e. The highest BCUT2D eigenvalue weighted by atomic mass is 16.5. The van der Waals surface area contributed by atoms with Gasteiger partial charge in [0.1, 0.15) is 24.9 Å². The highest BCUT2D eigenvalue weighted by Gasteiger charge is 2.24. The molecule has 1 aliphatic carbocycles. The Labute approximate surface area is 177 Å². The molecule has 0 unspecified atom stereocenters. The van der Waals surface area contributed by atoms with Gasteiger partial charge in [0.25, 0.3) is 0 Å². The summed E-state index contributed by atoms with van der Waals surface area (Å²) in [4.78, 5) is 15.7. The van der Waals surface area contributed by atoms with Crippen LogP contribution in [-0.4, -0.2) is 54.3 Å². The van der Waals surface area contributed by atoms with Crippen LogP contribution < -0.4 is 10.2 Å². The standard InChI is InChI=1S/C23H31N5O2/c1-15(2)13-18-16-5-3-4-6-17(16)19-20-21(30-23(19)27-18)22(26-14-25-20)24-7-8-28-9-11-29-12-10-28/h14-15H,3-13H2,1-2H3,(H,24,25,26)/p+1. The molecule has 5 rings (SSSR count). The average molecular weight is 411 g/mol. The molecule has 0 saturated carbocycles. The van der Waals surface area contributed by atoms with Gasteiger partial charge in [-0.15, -0.1) is 0 Å². The van der Waals surface area contributed by atoms with Crippen LogP contribution >= 0.6 is 0 Å². The van der Waals surface area contributed by atoms with Gasteiger partial charge in [-0.25, -0.2) is 15.0 Å². The van der Waals surface area contributed by atoms with E-state index in [-0.39, 0.29) is 0 Å². The van der Waals surface area contributed by atoms with Crippen LogP contribution in [0.5, 0.6) is 0 Å². The van der Waals surface area contributed by atoms with Crippen molar-refractivity contribution in [2.45, 2.75) is 46.0 Å². The highest BCUT2D eigenvalue weighted by Crippen LogP contribution is 2.37. The lowest BCUT2D eigenvalue weighted by atomic mass is 9.87. The van der Waals surface area contributed by atoms with Gasteiger partial charge < -0.3 is 19.4 Å². The van der Waals surface area contributed by atoms with Crippen molar-refractivity contribution in [1.82, 2.24) is 15.0 Å². The van der Waals surface area contributed by atoms with E-state index in [2.05, 4.69) is 29.1 Å². The Morgan fingerprint density at radius 1 is 1.10 bits per heavy atom. The summed E-state index contributed by atoms with van der Waals surface area (Å²) in [5.41, 5.74) is 6.43. The molecule has 3 aromatic rings. The number of hydrogen-bond donors (Lipinski definition) is 2. The lowest BCUT2D eigenvalue weighted by Gasteiger charge is -2.23. The number of quaternary nitrogens is 1. The van der Waals surface area contributed by atoms with Crippen molar-refractivity contribution in [3.63, 3.8) is 0 Å². The molecule has 1 fully saturated rings. The van der Waals surface area contributed by atoms with Crippen LogP contribution in [0.15, 0.2) is 10.7 Å². The number of ether oxygens (including phenoxy) is 1. The van der Waals surface area contributed by atoms with Gasteiger partial charge in [0.15, 0.2) is 11.4 Å². The van der Waals surface area contributed by atoms with Crippen LogP contribution in [0.25, 0.3) is 22.2 Å². The number of nitrogens with one attached hydrogen (secondary N) is 2. The zero-order chi connectivity index (χ0) is 20.5. The molecule has 0 amide bonds. The number of anilines is 1. The quantitative estimate of drug-likeness (QED) is 0.649. The first-order chi connectivity index (χ1) is 14.7. The molecule has 0 spiro atoms. The van der Waals surface area contributed by atoms with Crippen LogP contribution in [0, 0.1) is 5.92 Å². The first-order valence-corrected chi connectivity index (χ1v) is 11.4. The van der Waals surface area contributed by atoms with Crippen molar-refractivity contribution in [2.75, 3.05) is 44.7 Å². The van der Waals surface area contributed by atoms with Crippen molar-refractivity contribution < 1.29 is 14.1 Å². The van der Waals surface area contributed by atoms with Gasteiger partial charge >= 0.3 is 0 Å². The van der Waals surface area contributed by atoms with Gasteiger partial charge in [-0.3, -0.25) is 0 Å². The predicted octanol–water partition coefficient (Wildman–Crippen LogP) is 2.18. The Morgan fingerprint density at radius 2 is 1.90 bits per heavy atom. The van der Waals surface area contributed by atoms with E-state index in [9.17, 15) is 0 Å². The Bertz CT molecular complexity index is 1040. The third-order valence-electron chi connectivity index (χ3n) is 6.38. The zero-order valence-corrected chi connectivity index (χ0v) is 18.1. The fraction of sp³-hybridized carbons (Fsp3) is 0.609. The van der Waals surface area contributed by atoms with E-state index in [1.165, 1.54) is 29.7 Å². The SMILES string of the molecule is CC(C)Cc1nc2oc3c(NCC[NH+]4CCOCC4)ncnc3c2c2c1CCCC2. The second-order valence-electron chi connectivity index (χ2n) is 9.04. The lowest BCUT2D eigenvalue weighted by Crippen LogP contribution is -3.14. The number of rotatable bonds is 6. The largest absolute Gasteiger partial charge is 0.432 e. The van der Waals surface area contributed by atoms with Gasteiger partial charge in [-0.05, 0) is 49.1 Å². The first-order valence-electron chi connectivity index (χ1n) is 11.4. The van der Waals surface area contributed by atoms with Crippen molar-refractivity contribution in [3.05, 3.63) is 23.1 Å². The van der Waals surface area contributed by atoms with Gasteiger partial charge in [0, 0.05) is 5.69 Å².